The van der Waals surface area contributed by atoms with Crippen molar-refractivity contribution in [2.75, 3.05) is 39.3 Å². The Morgan fingerprint density at radius 3 is 0.400 bits per heavy atom. The van der Waals surface area contributed by atoms with E-state index in [4.69, 9.17) is 0 Å². The van der Waals surface area contributed by atoms with Gasteiger partial charge < -0.3 is 0 Å². The fraction of sp³-hybridized carbons (Fsp3) is 1.00. The minimum atomic E-state index is -1.93. The van der Waals surface area contributed by atoms with E-state index in [1.165, 1.54) is 347 Å². The molecule has 0 unspecified atom stereocenters. The Morgan fingerprint density at radius 2 is 0.277 bits per heavy atom. The van der Waals surface area contributed by atoms with E-state index >= 15 is 0 Å². The second kappa shape index (κ2) is 59.2. The van der Waals surface area contributed by atoms with Gasteiger partial charge in [-0.25, -0.2) is 0 Å². The molecule has 0 aliphatic carbocycles. The molecule has 0 saturated heterocycles. The zero-order valence-corrected chi connectivity index (χ0v) is 48.8. The molecule has 0 rings (SSSR count). The molecule has 0 bridgehead atoms. The molecule has 0 atom stereocenters. The van der Waals surface area contributed by atoms with Gasteiger partial charge in [-0.2, -0.15) is 0 Å². The predicted octanol–water partition coefficient (Wildman–Crippen LogP) is 21.5. The van der Waals surface area contributed by atoms with Crippen LogP contribution in [0, 0.1) is 0 Å². The fourth-order valence-electron chi connectivity index (χ4n) is 10.2. The molecular weight excluding hydrogens is 846 g/mol. The molecule has 0 aliphatic heterocycles. The van der Waals surface area contributed by atoms with Gasteiger partial charge in [-0.15, -0.1) is 12.4 Å². The molecule has 0 N–H and O–H groups in total. The van der Waals surface area contributed by atoms with Crippen LogP contribution in [-0.4, -0.2) is 49.4 Å². The van der Waals surface area contributed by atoms with Crippen molar-refractivity contribution in [1.82, 2.24) is 10.1 Å². The maximum Gasteiger partial charge on any atom is -0.147 e. The van der Waals surface area contributed by atoms with Gasteiger partial charge in [0.15, 0.2) is 0 Å². The molecule has 0 radical (unpaired) electrons. The van der Waals surface area contributed by atoms with Crippen molar-refractivity contribution >= 4 is 12.4 Å². The van der Waals surface area contributed by atoms with Crippen molar-refractivity contribution < 1.29 is 18.6 Å². The normalized spacial score (nSPS) is 11.8. The predicted molar refractivity (Wildman–Crippen MR) is 298 cm³/mol. The van der Waals surface area contributed by atoms with Crippen LogP contribution in [0.1, 0.15) is 350 Å². The average molecular weight is 974 g/mol. The van der Waals surface area contributed by atoms with Crippen molar-refractivity contribution in [1.29, 1.82) is 0 Å². The quantitative estimate of drug-likeness (QED) is 0.0444. The Morgan fingerprint density at radius 1 is 0.169 bits per heavy atom. The van der Waals surface area contributed by atoms with Crippen LogP contribution in [0.2, 0.25) is 0 Å². The molecule has 0 saturated carbocycles. The third-order valence-electron chi connectivity index (χ3n) is 14.5. The number of unbranched alkanes of at least 4 members (excludes halogenated alkanes) is 42. The van der Waals surface area contributed by atoms with Gasteiger partial charge in [0.25, 0.3) is 0 Å². The Balaban J connectivity index is 0. The van der Waals surface area contributed by atoms with Crippen LogP contribution in [0.15, 0.2) is 0 Å². The van der Waals surface area contributed by atoms with Crippen LogP contribution in [-0.2, 0) is 18.6 Å². The first-order valence-corrected chi connectivity index (χ1v) is 32.9. The molecule has 0 aromatic carbocycles. The van der Waals surface area contributed by atoms with Crippen LogP contribution in [0.4, 0.5) is 0 Å². The van der Waals surface area contributed by atoms with Crippen LogP contribution in [0.3, 0.4) is 0 Å². The first kappa shape index (κ1) is 68.0. The summed E-state index contributed by atoms with van der Waals surface area (Å²) in [5.41, 5.74) is 0. The zero-order valence-electron chi connectivity index (χ0n) is 46.4. The SMILES string of the molecule is CCCCCCCCCC[N](CCCCCCCCCC)[Ti]([N](CCCCCCCCCC)CCCCCCCCCC)[N](CCCCCCCCCC)CCCCCCCCCC.Cl. The molecule has 65 heavy (non-hydrogen) atoms. The molecule has 393 valence electrons. The van der Waals surface area contributed by atoms with Crippen LogP contribution in [0.5, 0.6) is 0 Å². The summed E-state index contributed by atoms with van der Waals surface area (Å²) in [4.78, 5) is 0. The topological polar surface area (TPSA) is 9.72 Å². The van der Waals surface area contributed by atoms with Crippen molar-refractivity contribution in [2.24, 2.45) is 0 Å². The first-order chi connectivity index (χ1) is 31.7. The Hall–Kier alpha value is 0.884. The van der Waals surface area contributed by atoms with Gasteiger partial charge in [0, 0.05) is 0 Å². The number of hydrogen-bond donors (Lipinski definition) is 0. The molecular formula is C60H127ClN3Ti. The summed E-state index contributed by atoms with van der Waals surface area (Å²) in [6.07, 6.45) is 69.2. The van der Waals surface area contributed by atoms with Gasteiger partial charge in [0.2, 0.25) is 0 Å². The minimum Gasteiger partial charge on any atom is -0.147 e. The molecule has 0 amide bonds. The molecule has 3 nitrogen and oxygen atoms in total. The Bertz CT molecular complexity index is 666. The van der Waals surface area contributed by atoms with Gasteiger partial charge in [-0.3, -0.25) is 0 Å². The number of hydrogen-bond acceptors (Lipinski definition) is 3. The van der Waals surface area contributed by atoms with Gasteiger partial charge >= 0.3 is 418 Å². The molecule has 0 fully saturated rings. The van der Waals surface area contributed by atoms with Gasteiger partial charge in [-0.1, -0.05) is 0 Å². The molecule has 0 aliphatic rings. The van der Waals surface area contributed by atoms with E-state index in [2.05, 4.69) is 51.7 Å². The van der Waals surface area contributed by atoms with E-state index in [-0.39, 0.29) is 12.4 Å². The number of halogens is 1. The van der Waals surface area contributed by atoms with Crippen molar-refractivity contribution in [3.8, 4) is 0 Å². The monoisotopic (exact) mass is 973 g/mol. The summed E-state index contributed by atoms with van der Waals surface area (Å²) < 4.78 is 9.87. The second-order valence-corrected chi connectivity index (χ2v) is 25.0. The largest absolute Gasteiger partial charge is 0.147 e. The Labute approximate surface area is 427 Å². The maximum atomic E-state index is 3.29. The van der Waals surface area contributed by atoms with E-state index in [1.54, 1.807) is 0 Å². The molecule has 0 heterocycles. The third-order valence-corrected chi connectivity index (χ3v) is 19.3. The van der Waals surface area contributed by atoms with Crippen molar-refractivity contribution in [3.63, 3.8) is 0 Å². The standard InChI is InChI=1S/3C20H42N.ClH.Ti/c3*1-3-5-7-9-11-13-15-17-19-21-20-18-16-14-12-10-8-6-4-2;;/h3*3-20H2,1-2H3;1H;/q3*-1;;+3. The second-order valence-electron chi connectivity index (χ2n) is 21.1. The van der Waals surface area contributed by atoms with E-state index < -0.39 is 18.6 Å². The van der Waals surface area contributed by atoms with Crippen molar-refractivity contribution in [2.45, 2.75) is 350 Å². The van der Waals surface area contributed by atoms with Crippen LogP contribution in [0.25, 0.3) is 0 Å². The fourth-order valence-corrected chi connectivity index (χ4v) is 15.4. The summed E-state index contributed by atoms with van der Waals surface area (Å²) in [5, 5.41) is 0. The van der Waals surface area contributed by atoms with Crippen molar-refractivity contribution in [3.05, 3.63) is 0 Å². The van der Waals surface area contributed by atoms with Crippen LogP contribution >= 0.6 is 12.4 Å². The maximum absolute atomic E-state index is 3.29. The zero-order chi connectivity index (χ0) is 46.5. The summed E-state index contributed by atoms with van der Waals surface area (Å²) >= 11 is -1.93. The van der Waals surface area contributed by atoms with Gasteiger partial charge in [0.05, 0.1) is 0 Å². The molecule has 0 spiro atoms. The first-order valence-electron chi connectivity index (χ1n) is 30.8. The molecule has 0 aromatic rings. The summed E-state index contributed by atoms with van der Waals surface area (Å²) in [7, 11) is 0. The van der Waals surface area contributed by atoms with Gasteiger partial charge in [-0.05, 0) is 0 Å². The molecule has 5 heteroatoms. The van der Waals surface area contributed by atoms with E-state index in [0.29, 0.717) is 0 Å². The van der Waals surface area contributed by atoms with E-state index in [0.717, 1.165) is 0 Å². The summed E-state index contributed by atoms with van der Waals surface area (Å²) in [6, 6.07) is 0. The number of rotatable bonds is 57. The Kier molecular flexibility index (Phi) is 61.9. The summed E-state index contributed by atoms with van der Waals surface area (Å²) in [6.45, 7) is 22.5. The van der Waals surface area contributed by atoms with Crippen LogP contribution < -0.4 is 0 Å². The number of nitrogens with zero attached hydrogens (tertiary/aromatic N) is 3. The summed E-state index contributed by atoms with van der Waals surface area (Å²) in [5.74, 6) is 0. The average Bonchev–Trinajstić information content (AvgIpc) is 3.30. The van der Waals surface area contributed by atoms with E-state index in [9.17, 15) is 0 Å². The van der Waals surface area contributed by atoms with Gasteiger partial charge in [0.1, 0.15) is 0 Å². The molecule has 0 aromatic heterocycles. The minimum absolute atomic E-state index is 0. The smallest absolute Gasteiger partial charge is 0.147 e. The van der Waals surface area contributed by atoms with E-state index in [1.807, 2.05) is 0 Å². The third kappa shape index (κ3) is 48.3.